The largest absolute Gasteiger partial charge is 0.493 e. The molecule has 0 spiro atoms. The third-order valence-electron chi connectivity index (χ3n) is 4.44. The highest BCUT2D eigenvalue weighted by Crippen LogP contribution is 2.46. The quantitative estimate of drug-likeness (QED) is 0.602. The zero-order valence-electron chi connectivity index (χ0n) is 14.2. The number of nitro groups is 1. The molecule has 9 nitrogen and oxygen atoms in total. The molecule has 1 aromatic carbocycles. The van der Waals surface area contributed by atoms with Gasteiger partial charge in [0, 0.05) is 19.2 Å². The summed E-state index contributed by atoms with van der Waals surface area (Å²) in [5, 5.41) is 20.3. The first kappa shape index (κ1) is 20.3. The van der Waals surface area contributed by atoms with Gasteiger partial charge in [-0.3, -0.25) is 19.7 Å². The minimum atomic E-state index is -5.09. The minimum Gasteiger partial charge on any atom is -0.493 e. The molecular weight excluding hydrogens is 377 g/mol. The number of nitrogens with zero attached hydrogens (tertiary/aromatic N) is 2. The number of carbonyl (C=O) groups excluding carboxylic acids is 1. The lowest BCUT2D eigenvalue weighted by Crippen LogP contribution is -2.47. The molecule has 148 valence electrons. The van der Waals surface area contributed by atoms with Gasteiger partial charge in [-0.15, -0.1) is 0 Å². The van der Waals surface area contributed by atoms with Gasteiger partial charge >= 0.3 is 12.1 Å². The number of benzene rings is 1. The first-order valence-corrected chi connectivity index (χ1v) is 7.48. The Kier molecular flexibility index (Phi) is 5.20. The van der Waals surface area contributed by atoms with Crippen LogP contribution in [0.25, 0.3) is 0 Å². The third kappa shape index (κ3) is 3.34. The van der Waals surface area contributed by atoms with Crippen molar-refractivity contribution >= 4 is 17.6 Å². The van der Waals surface area contributed by atoms with Crippen molar-refractivity contribution in [2.75, 3.05) is 27.3 Å². The summed E-state index contributed by atoms with van der Waals surface area (Å²) in [6.07, 6.45) is -5.93. The van der Waals surface area contributed by atoms with Gasteiger partial charge in [0.1, 0.15) is 5.56 Å². The van der Waals surface area contributed by atoms with Crippen LogP contribution in [0.15, 0.2) is 12.1 Å². The van der Waals surface area contributed by atoms with Gasteiger partial charge in [-0.1, -0.05) is 0 Å². The number of carbonyl (C=O) groups is 2. The van der Waals surface area contributed by atoms with Gasteiger partial charge in [-0.05, 0) is 6.42 Å². The van der Waals surface area contributed by atoms with Crippen molar-refractivity contribution in [1.82, 2.24) is 4.90 Å². The van der Waals surface area contributed by atoms with E-state index in [2.05, 4.69) is 0 Å². The molecule has 27 heavy (non-hydrogen) atoms. The van der Waals surface area contributed by atoms with Crippen LogP contribution in [0.4, 0.5) is 18.9 Å². The van der Waals surface area contributed by atoms with E-state index in [1.54, 1.807) is 0 Å². The summed E-state index contributed by atoms with van der Waals surface area (Å²) in [5.74, 6) is -3.29. The summed E-state index contributed by atoms with van der Waals surface area (Å²) in [6, 6.07) is 1.89. The molecule has 2 rings (SSSR count). The Balaban J connectivity index is 2.47. The van der Waals surface area contributed by atoms with E-state index in [4.69, 9.17) is 14.6 Å². The number of hydrogen-bond acceptors (Lipinski definition) is 6. The van der Waals surface area contributed by atoms with Gasteiger partial charge in [-0.25, -0.2) is 0 Å². The van der Waals surface area contributed by atoms with Crippen LogP contribution in [0, 0.1) is 15.5 Å². The number of aliphatic carboxylic acids is 1. The number of amides is 1. The fourth-order valence-corrected chi connectivity index (χ4v) is 2.87. The summed E-state index contributed by atoms with van der Waals surface area (Å²) in [4.78, 5) is 34.9. The monoisotopic (exact) mass is 392 g/mol. The number of alkyl halides is 3. The lowest BCUT2D eigenvalue weighted by molar-refractivity contribution is -0.385. The molecule has 1 aromatic rings. The van der Waals surface area contributed by atoms with Crippen molar-refractivity contribution in [2.45, 2.75) is 12.6 Å². The summed E-state index contributed by atoms with van der Waals surface area (Å²) in [6.45, 7) is -1.66. The van der Waals surface area contributed by atoms with Gasteiger partial charge in [0.05, 0.1) is 25.2 Å². The Morgan fingerprint density at radius 3 is 2.22 bits per heavy atom. The Morgan fingerprint density at radius 1 is 1.26 bits per heavy atom. The number of rotatable bonds is 5. The summed E-state index contributed by atoms with van der Waals surface area (Å²) in [5.41, 5.74) is -4.34. The maximum atomic E-state index is 13.3. The first-order valence-electron chi connectivity index (χ1n) is 7.48. The van der Waals surface area contributed by atoms with Gasteiger partial charge < -0.3 is 19.5 Å². The summed E-state index contributed by atoms with van der Waals surface area (Å²) < 4.78 is 49.7. The van der Waals surface area contributed by atoms with Crippen LogP contribution in [0.1, 0.15) is 16.8 Å². The number of methoxy groups -OCH3 is 2. The smallest absolute Gasteiger partial charge is 0.406 e. The van der Waals surface area contributed by atoms with E-state index in [0.29, 0.717) is 4.90 Å². The number of hydrogen-bond donors (Lipinski definition) is 1. The van der Waals surface area contributed by atoms with E-state index in [9.17, 15) is 32.9 Å². The van der Waals surface area contributed by atoms with Crippen LogP contribution >= 0.6 is 0 Å². The fourth-order valence-electron chi connectivity index (χ4n) is 2.87. The standard InChI is InChI=1S/C15H15F3N2O7/c1-26-10-5-8(9(20(24)25)6-11(10)27-2)12(21)19-4-3-14(7-19,13(22)23)15(16,17)18/h5-6H,3-4,7H2,1-2H3,(H,22,23). The SMILES string of the molecule is COc1cc(C(=O)N2CCC(C(=O)O)(C(F)(F)F)C2)c([N+](=O)[O-])cc1OC. The van der Waals surface area contributed by atoms with E-state index in [1.807, 2.05) is 0 Å². The van der Waals surface area contributed by atoms with Gasteiger partial charge in [-0.2, -0.15) is 13.2 Å². The topological polar surface area (TPSA) is 119 Å². The number of ether oxygens (including phenoxy) is 2. The highest BCUT2D eigenvalue weighted by atomic mass is 19.4. The van der Waals surface area contributed by atoms with Crippen molar-refractivity contribution in [3.8, 4) is 11.5 Å². The van der Waals surface area contributed by atoms with Gasteiger partial charge in [0.15, 0.2) is 16.9 Å². The second kappa shape index (κ2) is 6.93. The lowest BCUT2D eigenvalue weighted by atomic mass is 9.86. The van der Waals surface area contributed by atoms with Crippen molar-refractivity contribution in [3.63, 3.8) is 0 Å². The van der Waals surface area contributed by atoms with Crippen LogP contribution in [0.5, 0.6) is 11.5 Å². The zero-order chi connectivity index (χ0) is 20.6. The third-order valence-corrected chi connectivity index (χ3v) is 4.44. The minimum absolute atomic E-state index is 0.0361. The normalized spacial score (nSPS) is 19.7. The van der Waals surface area contributed by atoms with Crippen molar-refractivity contribution in [1.29, 1.82) is 0 Å². The number of likely N-dealkylation sites (tertiary alicyclic amines) is 1. The Bertz CT molecular complexity index is 796. The molecule has 0 bridgehead atoms. The average Bonchev–Trinajstić information content (AvgIpc) is 3.06. The van der Waals surface area contributed by atoms with Crippen molar-refractivity contribution in [3.05, 3.63) is 27.8 Å². The molecular formula is C15H15F3N2O7. The molecule has 1 heterocycles. The molecule has 0 aliphatic carbocycles. The molecule has 1 fully saturated rings. The molecule has 0 aromatic heterocycles. The predicted octanol–water partition coefficient (Wildman–Crippen LogP) is 2.09. The Labute approximate surface area is 150 Å². The molecule has 1 aliphatic heterocycles. The Hall–Kier alpha value is -3.05. The molecule has 1 N–H and O–H groups in total. The van der Waals surface area contributed by atoms with Gasteiger partial charge in [0.25, 0.3) is 11.6 Å². The lowest BCUT2D eigenvalue weighted by Gasteiger charge is -2.27. The van der Waals surface area contributed by atoms with Crippen LogP contribution < -0.4 is 9.47 Å². The molecule has 1 saturated heterocycles. The molecule has 1 atom stereocenters. The molecule has 0 radical (unpaired) electrons. The first-order chi connectivity index (χ1) is 12.5. The van der Waals surface area contributed by atoms with Crippen molar-refractivity contribution in [2.24, 2.45) is 5.41 Å². The van der Waals surface area contributed by atoms with E-state index in [-0.39, 0.29) is 11.5 Å². The van der Waals surface area contributed by atoms with E-state index in [0.717, 1.165) is 12.1 Å². The highest BCUT2D eigenvalue weighted by molar-refractivity contribution is 5.99. The van der Waals surface area contributed by atoms with Crippen LogP contribution in [0.2, 0.25) is 0 Å². The highest BCUT2D eigenvalue weighted by Gasteiger charge is 2.64. The predicted molar refractivity (Wildman–Crippen MR) is 82.8 cm³/mol. The molecule has 12 heteroatoms. The van der Waals surface area contributed by atoms with E-state index < -0.39 is 59.2 Å². The number of carboxylic acid groups (broad SMARTS) is 1. The maximum Gasteiger partial charge on any atom is 0.406 e. The molecule has 1 unspecified atom stereocenters. The van der Waals surface area contributed by atoms with Crippen molar-refractivity contribution < 1.29 is 42.3 Å². The van der Waals surface area contributed by atoms with Crippen LogP contribution in [-0.4, -0.2) is 60.3 Å². The van der Waals surface area contributed by atoms with Gasteiger partial charge in [0.2, 0.25) is 0 Å². The number of halogens is 3. The zero-order valence-corrected chi connectivity index (χ0v) is 14.2. The summed E-state index contributed by atoms with van der Waals surface area (Å²) >= 11 is 0. The van der Waals surface area contributed by atoms with E-state index >= 15 is 0 Å². The number of nitro benzene ring substituents is 1. The molecule has 1 aliphatic rings. The van der Waals surface area contributed by atoms with E-state index in [1.165, 1.54) is 14.2 Å². The molecule has 1 amide bonds. The second-order valence-corrected chi connectivity index (χ2v) is 5.84. The molecule has 0 saturated carbocycles. The number of carboxylic acids is 1. The fraction of sp³-hybridized carbons (Fsp3) is 0.467. The summed E-state index contributed by atoms with van der Waals surface area (Å²) in [7, 11) is 2.43. The second-order valence-electron chi connectivity index (χ2n) is 5.84. The average molecular weight is 392 g/mol. The Morgan fingerprint density at radius 2 is 1.81 bits per heavy atom. The maximum absolute atomic E-state index is 13.3. The van der Waals surface area contributed by atoms with Crippen LogP contribution in [-0.2, 0) is 4.79 Å². The van der Waals surface area contributed by atoms with Crippen LogP contribution in [0.3, 0.4) is 0 Å².